The van der Waals surface area contributed by atoms with Crippen molar-refractivity contribution in [1.29, 1.82) is 0 Å². The maximum absolute atomic E-state index is 12.0. The van der Waals surface area contributed by atoms with E-state index >= 15 is 0 Å². The Morgan fingerprint density at radius 1 is 1.31 bits per heavy atom. The fourth-order valence-electron chi connectivity index (χ4n) is 1.96. The Balaban J connectivity index is 2.48. The third-order valence-corrected chi connectivity index (χ3v) is 3.20. The number of hydrogen-bond donors (Lipinski definition) is 2. The van der Waals surface area contributed by atoms with E-state index in [1.165, 1.54) is 0 Å². The minimum Gasteiger partial charge on any atom is -0.396 e. The lowest BCUT2D eigenvalue weighted by Gasteiger charge is -2.35. The molecule has 0 aromatic heterocycles. The molecule has 0 unspecified atom stereocenters. The molecule has 94 valence electrons. The van der Waals surface area contributed by atoms with Crippen LogP contribution in [-0.2, 0) is 4.79 Å². The van der Waals surface area contributed by atoms with Gasteiger partial charge in [-0.25, -0.2) is 0 Å². The first-order valence-electron chi connectivity index (χ1n) is 5.31. The zero-order valence-corrected chi connectivity index (χ0v) is 8.94. The SMILES string of the molecule is O=C(CCC1(CO)CCNCC1)C(F)(F)F. The molecule has 0 spiro atoms. The Kier molecular flexibility index (Phi) is 4.32. The molecule has 1 fully saturated rings. The van der Waals surface area contributed by atoms with Crippen LogP contribution >= 0.6 is 0 Å². The first-order valence-corrected chi connectivity index (χ1v) is 5.31. The molecule has 0 amide bonds. The van der Waals surface area contributed by atoms with Gasteiger partial charge < -0.3 is 10.4 Å². The van der Waals surface area contributed by atoms with Crippen molar-refractivity contribution in [2.24, 2.45) is 5.41 Å². The molecule has 1 saturated heterocycles. The molecular formula is C10H16F3NO2. The van der Waals surface area contributed by atoms with E-state index in [0.717, 1.165) is 0 Å². The topological polar surface area (TPSA) is 49.3 Å². The predicted molar refractivity (Wildman–Crippen MR) is 51.9 cm³/mol. The molecule has 1 aliphatic heterocycles. The second-order valence-electron chi connectivity index (χ2n) is 4.33. The summed E-state index contributed by atoms with van der Waals surface area (Å²) in [6, 6.07) is 0. The number of carbonyl (C=O) groups excluding carboxylic acids is 1. The second-order valence-corrected chi connectivity index (χ2v) is 4.33. The zero-order chi connectivity index (χ0) is 12.2. The molecule has 1 heterocycles. The van der Waals surface area contributed by atoms with Crippen LogP contribution < -0.4 is 5.32 Å². The molecule has 0 atom stereocenters. The predicted octanol–water partition coefficient (Wildman–Crippen LogP) is 1.26. The summed E-state index contributed by atoms with van der Waals surface area (Å²) in [7, 11) is 0. The highest BCUT2D eigenvalue weighted by molar-refractivity contribution is 5.83. The normalized spacial score (nSPS) is 20.8. The van der Waals surface area contributed by atoms with Gasteiger partial charge in [0.25, 0.3) is 0 Å². The van der Waals surface area contributed by atoms with E-state index in [4.69, 9.17) is 0 Å². The van der Waals surface area contributed by atoms with Gasteiger partial charge in [-0.15, -0.1) is 0 Å². The van der Waals surface area contributed by atoms with Crippen LogP contribution in [-0.4, -0.2) is 36.8 Å². The summed E-state index contributed by atoms with van der Waals surface area (Å²) in [5.74, 6) is -1.70. The van der Waals surface area contributed by atoms with Crippen LogP contribution in [0.3, 0.4) is 0 Å². The molecular weight excluding hydrogens is 223 g/mol. The van der Waals surface area contributed by atoms with Gasteiger partial charge in [-0.2, -0.15) is 13.2 Å². The molecule has 16 heavy (non-hydrogen) atoms. The average molecular weight is 239 g/mol. The zero-order valence-electron chi connectivity index (χ0n) is 8.94. The Labute approximate surface area is 92.0 Å². The number of hydrogen-bond acceptors (Lipinski definition) is 3. The number of aliphatic hydroxyl groups excluding tert-OH is 1. The monoisotopic (exact) mass is 239 g/mol. The molecule has 0 radical (unpaired) electrons. The summed E-state index contributed by atoms with van der Waals surface area (Å²) < 4.78 is 36.0. The molecule has 0 bridgehead atoms. The number of piperidine rings is 1. The number of aliphatic hydroxyl groups is 1. The Hall–Kier alpha value is -0.620. The number of carbonyl (C=O) groups is 1. The van der Waals surface area contributed by atoms with Crippen molar-refractivity contribution in [2.45, 2.75) is 31.9 Å². The molecule has 0 aromatic carbocycles. The van der Waals surface area contributed by atoms with Crippen LogP contribution in [0.4, 0.5) is 13.2 Å². The Bertz CT molecular complexity index is 247. The second kappa shape index (κ2) is 5.14. The minimum atomic E-state index is -4.75. The van der Waals surface area contributed by atoms with Crippen LogP contribution in [0.1, 0.15) is 25.7 Å². The highest BCUT2D eigenvalue weighted by Gasteiger charge is 2.40. The molecule has 1 rings (SSSR count). The molecule has 1 aliphatic rings. The van der Waals surface area contributed by atoms with Gasteiger partial charge in [-0.05, 0) is 37.8 Å². The standard InChI is InChI=1S/C10H16F3NO2/c11-10(12,13)8(16)1-2-9(7-15)3-5-14-6-4-9/h14-15H,1-7H2. The molecule has 2 N–H and O–H groups in total. The van der Waals surface area contributed by atoms with Crippen LogP contribution in [0.25, 0.3) is 0 Å². The lowest BCUT2D eigenvalue weighted by atomic mass is 9.75. The molecule has 3 nitrogen and oxygen atoms in total. The Morgan fingerprint density at radius 3 is 2.31 bits per heavy atom. The van der Waals surface area contributed by atoms with Crippen molar-refractivity contribution in [3.63, 3.8) is 0 Å². The largest absolute Gasteiger partial charge is 0.449 e. The fourth-order valence-corrected chi connectivity index (χ4v) is 1.96. The smallest absolute Gasteiger partial charge is 0.396 e. The van der Waals surface area contributed by atoms with Crippen molar-refractivity contribution < 1.29 is 23.1 Å². The van der Waals surface area contributed by atoms with Crippen molar-refractivity contribution in [3.8, 4) is 0 Å². The van der Waals surface area contributed by atoms with Crippen molar-refractivity contribution >= 4 is 5.78 Å². The van der Waals surface area contributed by atoms with Gasteiger partial charge in [0.15, 0.2) is 0 Å². The van der Waals surface area contributed by atoms with E-state index < -0.39 is 23.8 Å². The lowest BCUT2D eigenvalue weighted by molar-refractivity contribution is -0.171. The summed E-state index contributed by atoms with van der Waals surface area (Å²) in [4.78, 5) is 10.7. The maximum Gasteiger partial charge on any atom is 0.449 e. The molecule has 0 aliphatic carbocycles. The number of alkyl halides is 3. The van der Waals surface area contributed by atoms with E-state index in [2.05, 4.69) is 5.32 Å². The number of nitrogens with one attached hydrogen (secondary N) is 1. The van der Waals surface area contributed by atoms with Crippen molar-refractivity contribution in [1.82, 2.24) is 5.32 Å². The van der Waals surface area contributed by atoms with E-state index in [1.807, 2.05) is 0 Å². The van der Waals surface area contributed by atoms with Crippen LogP contribution in [0.2, 0.25) is 0 Å². The number of Topliss-reactive ketones (excluding diaryl/α,β-unsaturated/α-hetero) is 1. The van der Waals surface area contributed by atoms with Crippen LogP contribution in [0, 0.1) is 5.41 Å². The fraction of sp³-hybridized carbons (Fsp3) is 0.900. The average Bonchev–Trinajstić information content (AvgIpc) is 2.26. The van der Waals surface area contributed by atoms with E-state index in [-0.39, 0.29) is 13.0 Å². The summed E-state index contributed by atoms with van der Waals surface area (Å²) >= 11 is 0. The van der Waals surface area contributed by atoms with Gasteiger partial charge in [-0.1, -0.05) is 0 Å². The molecule has 0 saturated carbocycles. The number of halogens is 3. The minimum absolute atomic E-state index is 0.115. The lowest BCUT2D eigenvalue weighted by Crippen LogP contribution is -2.40. The van der Waals surface area contributed by atoms with E-state index in [9.17, 15) is 23.1 Å². The van der Waals surface area contributed by atoms with Gasteiger partial charge in [0.05, 0.1) is 0 Å². The van der Waals surface area contributed by atoms with E-state index in [1.54, 1.807) is 0 Å². The first kappa shape index (κ1) is 13.4. The van der Waals surface area contributed by atoms with Crippen LogP contribution in [0.5, 0.6) is 0 Å². The van der Waals surface area contributed by atoms with Gasteiger partial charge in [0.2, 0.25) is 5.78 Å². The summed E-state index contributed by atoms with van der Waals surface area (Å²) in [5, 5.41) is 12.3. The van der Waals surface area contributed by atoms with Gasteiger partial charge in [0, 0.05) is 13.0 Å². The van der Waals surface area contributed by atoms with Gasteiger partial charge in [0.1, 0.15) is 0 Å². The number of ketones is 1. The highest BCUT2D eigenvalue weighted by atomic mass is 19.4. The quantitative estimate of drug-likeness (QED) is 0.776. The first-order chi connectivity index (χ1) is 7.40. The molecule has 6 heteroatoms. The van der Waals surface area contributed by atoms with Crippen LogP contribution in [0.15, 0.2) is 0 Å². The molecule has 0 aromatic rings. The summed E-state index contributed by atoms with van der Waals surface area (Å²) in [6.07, 6.45) is -3.92. The highest BCUT2D eigenvalue weighted by Crippen LogP contribution is 2.34. The van der Waals surface area contributed by atoms with Gasteiger partial charge >= 0.3 is 6.18 Å². The van der Waals surface area contributed by atoms with E-state index in [0.29, 0.717) is 25.9 Å². The number of rotatable bonds is 4. The maximum atomic E-state index is 12.0. The summed E-state index contributed by atoms with van der Waals surface area (Å²) in [5.41, 5.74) is -0.508. The third kappa shape index (κ3) is 3.45. The van der Waals surface area contributed by atoms with Gasteiger partial charge in [-0.3, -0.25) is 4.79 Å². The van der Waals surface area contributed by atoms with Crippen molar-refractivity contribution in [3.05, 3.63) is 0 Å². The summed E-state index contributed by atoms with van der Waals surface area (Å²) in [6.45, 7) is 1.21. The Morgan fingerprint density at radius 2 is 1.88 bits per heavy atom. The van der Waals surface area contributed by atoms with Crippen molar-refractivity contribution in [2.75, 3.05) is 19.7 Å². The third-order valence-electron chi connectivity index (χ3n) is 3.20.